The number of amides is 2. The minimum Gasteiger partial charge on any atom is -0.496 e. The third-order valence-corrected chi connectivity index (χ3v) is 4.82. The lowest BCUT2D eigenvalue weighted by molar-refractivity contribution is -0.121. The molecule has 1 aliphatic heterocycles. The number of carbonyl (C=O) groups excluding carboxylic acids is 2. The minimum atomic E-state index is -0.196. The molecule has 2 amide bonds. The van der Waals surface area contributed by atoms with Gasteiger partial charge in [-0.1, -0.05) is 17.7 Å². The van der Waals surface area contributed by atoms with Gasteiger partial charge in [0.05, 0.1) is 12.7 Å². The van der Waals surface area contributed by atoms with E-state index in [0.717, 1.165) is 11.3 Å². The van der Waals surface area contributed by atoms with Gasteiger partial charge in [-0.05, 0) is 55.8 Å². The fourth-order valence-electron chi connectivity index (χ4n) is 3.12. The zero-order valence-electron chi connectivity index (χ0n) is 15.0. The fraction of sp³-hybridized carbons (Fsp3) is 0.300. The van der Waals surface area contributed by atoms with Gasteiger partial charge in [0.2, 0.25) is 5.91 Å². The number of ether oxygens (including phenoxy) is 1. The Hall–Kier alpha value is -2.53. The highest BCUT2D eigenvalue weighted by Gasteiger charge is 2.34. The summed E-state index contributed by atoms with van der Waals surface area (Å²) in [5.41, 5.74) is 2.26. The second-order valence-electron chi connectivity index (χ2n) is 6.47. The summed E-state index contributed by atoms with van der Waals surface area (Å²) in [6.07, 6.45) is 0. The Morgan fingerprint density at radius 2 is 1.88 bits per heavy atom. The van der Waals surface area contributed by atoms with E-state index in [1.54, 1.807) is 35.1 Å². The summed E-state index contributed by atoms with van der Waals surface area (Å²) in [5.74, 6) is 0.207. The Kier molecular flexibility index (Phi) is 5.18. The summed E-state index contributed by atoms with van der Waals surface area (Å²) in [5, 5.41) is 0.620. The number of aryl methyl sites for hydroxylation is 1. The summed E-state index contributed by atoms with van der Waals surface area (Å²) in [7, 11) is 1.54. The first-order valence-corrected chi connectivity index (χ1v) is 8.80. The van der Waals surface area contributed by atoms with Gasteiger partial charge < -0.3 is 14.5 Å². The van der Waals surface area contributed by atoms with Crippen LogP contribution in [0.3, 0.4) is 0 Å². The number of hydrogen-bond donors (Lipinski definition) is 0. The van der Waals surface area contributed by atoms with Crippen molar-refractivity contribution in [3.8, 4) is 5.75 Å². The molecule has 5 nitrogen and oxygen atoms in total. The molecule has 1 unspecified atom stereocenters. The summed E-state index contributed by atoms with van der Waals surface area (Å²) >= 11 is 5.92. The van der Waals surface area contributed by atoms with Gasteiger partial charge in [0.1, 0.15) is 12.3 Å². The Labute approximate surface area is 158 Å². The predicted molar refractivity (Wildman–Crippen MR) is 102 cm³/mol. The number of hydrogen-bond acceptors (Lipinski definition) is 3. The zero-order valence-corrected chi connectivity index (χ0v) is 15.8. The number of nitrogens with zero attached hydrogens (tertiary/aromatic N) is 2. The first-order valence-electron chi connectivity index (χ1n) is 8.42. The van der Waals surface area contributed by atoms with Crippen LogP contribution in [0.5, 0.6) is 5.75 Å². The molecule has 26 heavy (non-hydrogen) atoms. The average molecular weight is 373 g/mol. The molecule has 1 heterocycles. The van der Waals surface area contributed by atoms with E-state index in [1.165, 1.54) is 0 Å². The smallest absolute Gasteiger partial charge is 0.258 e. The highest BCUT2D eigenvalue weighted by atomic mass is 35.5. The first-order chi connectivity index (χ1) is 12.4. The molecule has 2 aromatic carbocycles. The van der Waals surface area contributed by atoms with E-state index in [1.807, 2.05) is 38.1 Å². The van der Waals surface area contributed by atoms with Crippen molar-refractivity contribution in [2.24, 2.45) is 0 Å². The van der Waals surface area contributed by atoms with Gasteiger partial charge in [-0.3, -0.25) is 9.59 Å². The van der Waals surface area contributed by atoms with Gasteiger partial charge in [-0.15, -0.1) is 0 Å². The van der Waals surface area contributed by atoms with E-state index >= 15 is 0 Å². The molecule has 0 spiro atoms. The molecule has 0 radical (unpaired) electrons. The number of benzene rings is 2. The Bertz CT molecular complexity index is 835. The van der Waals surface area contributed by atoms with E-state index in [-0.39, 0.29) is 24.4 Å². The van der Waals surface area contributed by atoms with E-state index < -0.39 is 0 Å². The van der Waals surface area contributed by atoms with Crippen molar-refractivity contribution in [1.29, 1.82) is 0 Å². The van der Waals surface area contributed by atoms with Crippen LogP contribution in [0.4, 0.5) is 5.69 Å². The second kappa shape index (κ2) is 7.38. The van der Waals surface area contributed by atoms with Crippen LogP contribution in [-0.2, 0) is 4.79 Å². The minimum absolute atomic E-state index is 0.0274. The van der Waals surface area contributed by atoms with Crippen molar-refractivity contribution in [2.75, 3.05) is 25.1 Å². The maximum atomic E-state index is 13.0. The van der Waals surface area contributed by atoms with Gasteiger partial charge in [-0.25, -0.2) is 0 Å². The number of rotatable bonds is 3. The molecule has 0 aromatic heterocycles. The Balaban J connectivity index is 1.82. The summed E-state index contributed by atoms with van der Waals surface area (Å²) < 4.78 is 5.35. The van der Waals surface area contributed by atoms with E-state index in [9.17, 15) is 9.59 Å². The summed E-state index contributed by atoms with van der Waals surface area (Å²) in [4.78, 5) is 28.9. The van der Waals surface area contributed by atoms with Crippen molar-refractivity contribution in [1.82, 2.24) is 4.90 Å². The van der Waals surface area contributed by atoms with Gasteiger partial charge >= 0.3 is 0 Å². The van der Waals surface area contributed by atoms with Gasteiger partial charge in [0, 0.05) is 23.3 Å². The van der Waals surface area contributed by atoms with E-state index in [2.05, 4.69) is 0 Å². The number of anilines is 1. The molecule has 6 heteroatoms. The normalized spacial score (nSPS) is 17.4. The molecule has 2 aromatic rings. The van der Waals surface area contributed by atoms with Crippen LogP contribution in [0, 0.1) is 6.92 Å². The summed E-state index contributed by atoms with van der Waals surface area (Å²) in [6, 6.07) is 12.4. The third kappa shape index (κ3) is 3.53. The van der Waals surface area contributed by atoms with Crippen LogP contribution >= 0.6 is 11.6 Å². The fourth-order valence-corrected chi connectivity index (χ4v) is 3.25. The zero-order chi connectivity index (χ0) is 18.8. The molecule has 1 fully saturated rings. The van der Waals surface area contributed by atoms with Crippen LogP contribution in [0.1, 0.15) is 22.8 Å². The monoisotopic (exact) mass is 372 g/mol. The van der Waals surface area contributed by atoms with Crippen LogP contribution in [-0.4, -0.2) is 43.0 Å². The van der Waals surface area contributed by atoms with Gasteiger partial charge in [-0.2, -0.15) is 0 Å². The molecular weight excluding hydrogens is 352 g/mol. The number of piperazine rings is 1. The molecule has 3 rings (SSSR count). The lowest BCUT2D eigenvalue weighted by Gasteiger charge is -2.39. The van der Waals surface area contributed by atoms with Crippen molar-refractivity contribution in [3.63, 3.8) is 0 Å². The first kappa shape index (κ1) is 18.3. The largest absolute Gasteiger partial charge is 0.496 e. The standard InChI is InChI=1S/C20H21ClN2O3/c1-13-4-9-17(18(10-13)26-3)20(25)22-12-19(24)23(11-14(22)2)16-7-5-15(21)6-8-16/h4-10,14H,11-12H2,1-3H3. The van der Waals surface area contributed by atoms with Gasteiger partial charge in [0.15, 0.2) is 0 Å². The molecule has 1 aliphatic rings. The van der Waals surface area contributed by atoms with E-state index in [4.69, 9.17) is 16.3 Å². The molecule has 1 saturated heterocycles. The predicted octanol–water partition coefficient (Wildman–Crippen LogP) is 3.53. The van der Waals surface area contributed by atoms with Crippen LogP contribution in [0.15, 0.2) is 42.5 Å². The number of carbonyl (C=O) groups is 2. The molecule has 0 bridgehead atoms. The topological polar surface area (TPSA) is 49.9 Å². The maximum absolute atomic E-state index is 13.0. The maximum Gasteiger partial charge on any atom is 0.258 e. The Morgan fingerprint density at radius 1 is 1.19 bits per heavy atom. The average Bonchev–Trinajstić information content (AvgIpc) is 2.63. The molecule has 0 N–H and O–H groups in total. The van der Waals surface area contributed by atoms with Crippen molar-refractivity contribution in [3.05, 3.63) is 58.6 Å². The van der Waals surface area contributed by atoms with Crippen LogP contribution in [0.2, 0.25) is 5.02 Å². The number of halogens is 1. The molecule has 0 aliphatic carbocycles. The lowest BCUT2D eigenvalue weighted by Crippen LogP contribution is -2.57. The van der Waals surface area contributed by atoms with Crippen LogP contribution in [0.25, 0.3) is 0 Å². The van der Waals surface area contributed by atoms with Gasteiger partial charge in [0.25, 0.3) is 5.91 Å². The molecular formula is C20H21ClN2O3. The quantitative estimate of drug-likeness (QED) is 0.828. The highest BCUT2D eigenvalue weighted by Crippen LogP contribution is 2.26. The van der Waals surface area contributed by atoms with Crippen LogP contribution < -0.4 is 9.64 Å². The molecule has 0 saturated carbocycles. The molecule has 1 atom stereocenters. The summed E-state index contributed by atoms with van der Waals surface area (Å²) in [6.45, 7) is 4.34. The van der Waals surface area contributed by atoms with Crippen molar-refractivity contribution < 1.29 is 14.3 Å². The lowest BCUT2D eigenvalue weighted by atomic mass is 10.1. The van der Waals surface area contributed by atoms with Crippen molar-refractivity contribution in [2.45, 2.75) is 19.9 Å². The SMILES string of the molecule is COc1cc(C)ccc1C(=O)N1CC(=O)N(c2ccc(Cl)cc2)CC1C. The Morgan fingerprint density at radius 3 is 2.54 bits per heavy atom. The van der Waals surface area contributed by atoms with E-state index in [0.29, 0.717) is 22.9 Å². The third-order valence-electron chi connectivity index (χ3n) is 4.57. The highest BCUT2D eigenvalue weighted by molar-refractivity contribution is 6.30. The molecule has 136 valence electrons. The van der Waals surface area contributed by atoms with Crippen molar-refractivity contribution >= 4 is 29.1 Å². The second-order valence-corrected chi connectivity index (χ2v) is 6.90. The number of methoxy groups -OCH3 is 1.